The second kappa shape index (κ2) is 14.0. The predicted octanol–water partition coefficient (Wildman–Crippen LogP) is 6.33. The zero-order valence-corrected chi connectivity index (χ0v) is 27.2. The molecule has 4 aliphatic heterocycles. The lowest BCUT2D eigenvalue weighted by atomic mass is 9.91. The van der Waals surface area contributed by atoms with E-state index in [2.05, 4.69) is 73.0 Å². The van der Waals surface area contributed by atoms with E-state index in [1.165, 1.54) is 41.1 Å². The van der Waals surface area contributed by atoms with Crippen molar-refractivity contribution in [3.05, 3.63) is 113 Å². The molecule has 0 saturated carbocycles. The summed E-state index contributed by atoms with van der Waals surface area (Å²) in [6, 6.07) is 24.3. The zero-order chi connectivity index (χ0) is 31.5. The molecule has 240 valence electrons. The van der Waals surface area contributed by atoms with E-state index in [9.17, 15) is 4.39 Å². The smallest absolute Gasteiger partial charge is 0.132 e. The Balaban J connectivity index is 0.000000152. The van der Waals surface area contributed by atoms with Gasteiger partial charge in [-0.15, -0.1) is 0 Å². The number of pyridine rings is 2. The van der Waals surface area contributed by atoms with E-state index in [4.69, 9.17) is 16.3 Å². The van der Waals surface area contributed by atoms with Gasteiger partial charge in [0, 0.05) is 76.6 Å². The maximum Gasteiger partial charge on any atom is 0.132 e. The molecule has 7 nitrogen and oxygen atoms in total. The van der Waals surface area contributed by atoms with E-state index in [-0.39, 0.29) is 5.82 Å². The van der Waals surface area contributed by atoms with Gasteiger partial charge < -0.3 is 19.4 Å². The average molecular weight is 641 g/mol. The third-order valence-corrected chi connectivity index (χ3v) is 10.1. The molecule has 4 aliphatic rings. The fourth-order valence-corrected chi connectivity index (χ4v) is 7.51. The molecule has 0 spiro atoms. The lowest BCUT2D eigenvalue weighted by Gasteiger charge is -2.46. The highest BCUT2D eigenvalue weighted by molar-refractivity contribution is 6.30. The highest BCUT2D eigenvalue weighted by atomic mass is 35.5. The summed E-state index contributed by atoms with van der Waals surface area (Å²) in [4.78, 5) is 19.0. The Morgan fingerprint density at radius 1 is 0.848 bits per heavy atom. The quantitative estimate of drug-likeness (QED) is 0.258. The summed E-state index contributed by atoms with van der Waals surface area (Å²) in [5.74, 6) is 3.23. The molecule has 2 aromatic carbocycles. The normalized spacial score (nSPS) is 22.7. The van der Waals surface area contributed by atoms with Crippen LogP contribution in [0.15, 0.2) is 85.2 Å². The molecule has 3 atom stereocenters. The molecule has 0 bridgehead atoms. The van der Waals surface area contributed by atoms with E-state index in [1.807, 2.05) is 18.3 Å². The topological polar surface area (TPSA) is 48.0 Å². The number of halogens is 2. The number of ether oxygens (including phenoxy) is 1. The van der Waals surface area contributed by atoms with Gasteiger partial charge in [-0.1, -0.05) is 41.9 Å². The van der Waals surface area contributed by atoms with Crippen LogP contribution in [-0.2, 0) is 6.42 Å². The number of likely N-dealkylation sites (N-methyl/N-ethyl adjacent to an activating group) is 1. The number of hydrogen-bond acceptors (Lipinski definition) is 7. The Kier molecular flexibility index (Phi) is 9.38. The predicted molar refractivity (Wildman–Crippen MR) is 183 cm³/mol. The fourth-order valence-electron chi connectivity index (χ4n) is 7.39. The van der Waals surface area contributed by atoms with Crippen molar-refractivity contribution >= 4 is 23.2 Å². The number of benzene rings is 2. The maximum atomic E-state index is 13.0. The number of fused-ring (bicyclic) bond motifs is 6. The van der Waals surface area contributed by atoms with Crippen molar-refractivity contribution in [1.82, 2.24) is 19.8 Å². The molecule has 0 N–H and O–H groups in total. The molecule has 0 aliphatic carbocycles. The highest BCUT2D eigenvalue weighted by Crippen LogP contribution is 2.37. The van der Waals surface area contributed by atoms with Gasteiger partial charge in [0.2, 0.25) is 0 Å². The minimum absolute atomic E-state index is 0.231. The number of rotatable bonds is 4. The van der Waals surface area contributed by atoms with Crippen molar-refractivity contribution in [3.63, 3.8) is 0 Å². The van der Waals surface area contributed by atoms with Gasteiger partial charge in [0.1, 0.15) is 23.2 Å². The second-order valence-electron chi connectivity index (χ2n) is 13.0. The molecule has 4 aromatic rings. The highest BCUT2D eigenvalue weighted by Gasteiger charge is 2.34. The summed E-state index contributed by atoms with van der Waals surface area (Å²) in [5.41, 5.74) is 4.27. The van der Waals surface area contributed by atoms with Crippen LogP contribution in [0.25, 0.3) is 0 Å². The van der Waals surface area contributed by atoms with E-state index in [0.29, 0.717) is 29.6 Å². The monoisotopic (exact) mass is 640 g/mol. The summed E-state index contributed by atoms with van der Waals surface area (Å²) in [6.07, 6.45) is 6.96. The van der Waals surface area contributed by atoms with Crippen LogP contribution in [0.5, 0.6) is 5.75 Å². The van der Waals surface area contributed by atoms with E-state index in [1.54, 1.807) is 18.3 Å². The van der Waals surface area contributed by atoms with Gasteiger partial charge in [-0.3, -0.25) is 4.90 Å². The Bertz CT molecular complexity index is 1600. The molecule has 9 heteroatoms. The van der Waals surface area contributed by atoms with Gasteiger partial charge in [-0.25, -0.2) is 14.4 Å². The molecule has 3 fully saturated rings. The van der Waals surface area contributed by atoms with Crippen molar-refractivity contribution in [3.8, 4) is 5.75 Å². The van der Waals surface area contributed by atoms with Gasteiger partial charge >= 0.3 is 0 Å². The molecular formula is C37H42ClFN6O. The van der Waals surface area contributed by atoms with Crippen molar-refractivity contribution in [2.24, 2.45) is 5.92 Å². The lowest BCUT2D eigenvalue weighted by Crippen LogP contribution is -2.57. The van der Waals surface area contributed by atoms with Crippen molar-refractivity contribution < 1.29 is 9.13 Å². The first-order valence-corrected chi connectivity index (χ1v) is 16.8. The van der Waals surface area contributed by atoms with Crippen molar-refractivity contribution in [2.45, 2.75) is 31.3 Å². The number of hydrogen-bond donors (Lipinski definition) is 0. The third-order valence-electron chi connectivity index (χ3n) is 9.86. The zero-order valence-electron chi connectivity index (χ0n) is 26.4. The minimum Gasteiger partial charge on any atom is -0.493 e. The Hall–Kier alpha value is -3.72. The molecule has 8 rings (SSSR count). The van der Waals surface area contributed by atoms with Gasteiger partial charge in [0.15, 0.2) is 0 Å². The average Bonchev–Trinajstić information content (AvgIpc) is 3.22. The summed E-state index contributed by atoms with van der Waals surface area (Å²) in [5, 5.41) is 0.675. The first kappa shape index (κ1) is 30.9. The summed E-state index contributed by atoms with van der Waals surface area (Å²) >= 11 is 5.94. The van der Waals surface area contributed by atoms with Crippen LogP contribution in [0.1, 0.15) is 35.6 Å². The van der Waals surface area contributed by atoms with Crippen LogP contribution in [0.3, 0.4) is 0 Å². The standard InChI is InChI=1S/C20H23ClFN3O.C17H19N3/c21-16-2-8-20(23-11-16)25-10-9-24-12-15(1-5-18(24)13-25)14-26-19-6-3-17(22)4-7-19;1-19-9-10-20-16(12-19)15-7-3-2-5-13(15)11-14-6-4-8-18-17(14)20/h2-4,6-8,11,15,18H,1,5,9-10,12-14H2;2-8,16H,9-12H2,1H3/t15-,18+;/m1./s1. The first-order valence-electron chi connectivity index (χ1n) is 16.5. The SMILES string of the molecule is CN1CCN2c3ncccc3Cc3ccccc3C2C1.Fc1ccc(OC[C@@H]2CC[C@H]3CN(c4ccc(Cl)cn4)CCN3C2)cc1. The molecule has 2 aromatic heterocycles. The Labute approximate surface area is 276 Å². The third kappa shape index (κ3) is 6.99. The van der Waals surface area contributed by atoms with Crippen LogP contribution < -0.4 is 14.5 Å². The lowest BCUT2D eigenvalue weighted by molar-refractivity contribution is 0.0727. The van der Waals surface area contributed by atoms with Gasteiger partial charge in [-0.05, 0) is 79.0 Å². The number of piperidine rings is 1. The van der Waals surface area contributed by atoms with Gasteiger partial charge in [-0.2, -0.15) is 0 Å². The molecule has 3 saturated heterocycles. The van der Waals surface area contributed by atoms with Crippen LogP contribution in [0.2, 0.25) is 5.02 Å². The second-order valence-corrected chi connectivity index (χ2v) is 13.4. The number of nitrogens with zero attached hydrogens (tertiary/aromatic N) is 6. The van der Waals surface area contributed by atoms with Crippen LogP contribution in [-0.4, -0.2) is 85.3 Å². The van der Waals surface area contributed by atoms with E-state index >= 15 is 0 Å². The summed E-state index contributed by atoms with van der Waals surface area (Å²) in [6.45, 7) is 8.03. The van der Waals surface area contributed by atoms with Crippen LogP contribution in [0.4, 0.5) is 16.0 Å². The van der Waals surface area contributed by atoms with E-state index in [0.717, 1.165) is 70.2 Å². The largest absolute Gasteiger partial charge is 0.493 e. The summed E-state index contributed by atoms with van der Waals surface area (Å²) < 4.78 is 18.8. The number of aromatic nitrogens is 2. The van der Waals surface area contributed by atoms with Crippen LogP contribution in [0, 0.1) is 11.7 Å². The minimum atomic E-state index is -0.231. The molecule has 0 amide bonds. The van der Waals surface area contributed by atoms with Crippen molar-refractivity contribution in [2.75, 3.05) is 69.3 Å². The molecule has 0 radical (unpaired) electrons. The summed E-state index contributed by atoms with van der Waals surface area (Å²) in [7, 11) is 2.21. The fraction of sp³-hybridized carbons (Fsp3) is 0.405. The van der Waals surface area contributed by atoms with Gasteiger partial charge in [0.05, 0.1) is 17.7 Å². The molecular weight excluding hydrogens is 599 g/mol. The first-order chi connectivity index (χ1) is 22.5. The Morgan fingerprint density at radius 3 is 2.54 bits per heavy atom. The van der Waals surface area contributed by atoms with Crippen LogP contribution >= 0.6 is 11.6 Å². The maximum absolute atomic E-state index is 13.0. The Morgan fingerprint density at radius 2 is 1.70 bits per heavy atom. The molecule has 6 heterocycles. The number of piperazine rings is 2. The number of anilines is 2. The van der Waals surface area contributed by atoms with E-state index < -0.39 is 0 Å². The van der Waals surface area contributed by atoms with Crippen molar-refractivity contribution in [1.29, 1.82) is 0 Å². The molecule has 46 heavy (non-hydrogen) atoms. The molecule has 1 unspecified atom stereocenters. The van der Waals surface area contributed by atoms with Gasteiger partial charge in [0.25, 0.3) is 0 Å².